The lowest BCUT2D eigenvalue weighted by Gasteiger charge is -2.17. The van der Waals surface area contributed by atoms with Crippen molar-refractivity contribution in [3.05, 3.63) is 84.2 Å². The van der Waals surface area contributed by atoms with Crippen LogP contribution in [0.25, 0.3) is 11.1 Å². The summed E-state index contributed by atoms with van der Waals surface area (Å²) < 4.78 is 0. The minimum absolute atomic E-state index is 0.196. The van der Waals surface area contributed by atoms with E-state index in [-0.39, 0.29) is 5.91 Å². The summed E-state index contributed by atoms with van der Waals surface area (Å²) in [5, 5.41) is 0. The number of carbonyl (C=O) groups is 1. The van der Waals surface area contributed by atoms with Crippen LogP contribution in [0.15, 0.2) is 73.1 Å². The molecule has 0 fully saturated rings. The number of rotatable bonds is 5. The number of nitrogens with zero attached hydrogens (tertiary/aromatic N) is 2. The Kier molecular flexibility index (Phi) is 5.02. The third kappa shape index (κ3) is 3.65. The number of hydrogen-bond donors (Lipinski definition) is 0. The van der Waals surface area contributed by atoms with Crippen LogP contribution in [0.1, 0.15) is 11.1 Å². The maximum Gasteiger partial charge on any atom is 0.237 e. The molecule has 3 nitrogen and oxygen atoms in total. The quantitative estimate of drug-likeness (QED) is 0.668. The summed E-state index contributed by atoms with van der Waals surface area (Å²) in [6.07, 6.45) is 4.54. The number of aromatic nitrogens is 1. The first-order valence-electron chi connectivity index (χ1n) is 8.76. The molecular weight excluding hydrogens is 340 g/mol. The molecule has 2 aromatic carbocycles. The number of amides is 1. The van der Waals surface area contributed by atoms with E-state index in [9.17, 15) is 4.79 Å². The highest BCUT2D eigenvalue weighted by Gasteiger charge is 2.24. The molecule has 3 aromatic rings. The number of thioether (sulfide) groups is 1. The Balaban J connectivity index is 1.42. The second-order valence-electron chi connectivity index (χ2n) is 6.35. The average Bonchev–Trinajstić information content (AvgIpc) is 3.13. The number of pyridine rings is 1. The maximum absolute atomic E-state index is 12.7. The van der Waals surface area contributed by atoms with Gasteiger partial charge in [-0.15, -0.1) is 11.8 Å². The molecule has 130 valence electrons. The first kappa shape index (κ1) is 16.9. The van der Waals surface area contributed by atoms with Crippen LogP contribution < -0.4 is 4.90 Å². The van der Waals surface area contributed by atoms with E-state index in [0.29, 0.717) is 5.75 Å². The molecule has 0 N–H and O–H groups in total. The van der Waals surface area contributed by atoms with Crippen LogP contribution in [0.3, 0.4) is 0 Å². The summed E-state index contributed by atoms with van der Waals surface area (Å²) in [6, 6.07) is 20.7. The lowest BCUT2D eigenvalue weighted by Crippen LogP contribution is -2.30. The van der Waals surface area contributed by atoms with E-state index in [1.54, 1.807) is 11.8 Å². The van der Waals surface area contributed by atoms with Gasteiger partial charge in [-0.25, -0.2) is 0 Å². The minimum atomic E-state index is 0.196. The lowest BCUT2D eigenvalue weighted by atomic mass is 10.0. The topological polar surface area (TPSA) is 33.2 Å². The molecule has 0 bridgehead atoms. The van der Waals surface area contributed by atoms with Crippen LogP contribution in [0.2, 0.25) is 0 Å². The fraction of sp³-hybridized carbons (Fsp3) is 0.182. The van der Waals surface area contributed by atoms with E-state index in [1.807, 2.05) is 47.6 Å². The number of fused-ring (bicyclic) bond motifs is 1. The van der Waals surface area contributed by atoms with Crippen molar-refractivity contribution in [2.24, 2.45) is 0 Å². The molecule has 0 saturated carbocycles. The van der Waals surface area contributed by atoms with Crippen molar-refractivity contribution in [3.63, 3.8) is 0 Å². The van der Waals surface area contributed by atoms with Crippen molar-refractivity contribution in [3.8, 4) is 11.1 Å². The second kappa shape index (κ2) is 7.75. The Bertz CT molecular complexity index is 897. The Labute approximate surface area is 158 Å². The molecule has 0 atom stereocenters. The molecule has 2 heterocycles. The molecule has 1 aliphatic heterocycles. The third-order valence-corrected chi connectivity index (χ3v) is 5.62. The van der Waals surface area contributed by atoms with Crippen molar-refractivity contribution in [1.29, 1.82) is 0 Å². The molecule has 0 spiro atoms. The van der Waals surface area contributed by atoms with Crippen LogP contribution in [-0.4, -0.2) is 23.2 Å². The molecular formula is C22H20N2OS. The van der Waals surface area contributed by atoms with Gasteiger partial charge in [-0.1, -0.05) is 36.4 Å². The highest BCUT2D eigenvalue weighted by atomic mass is 32.2. The highest BCUT2D eigenvalue weighted by Crippen LogP contribution is 2.32. The first-order valence-corrected chi connectivity index (χ1v) is 9.92. The zero-order chi connectivity index (χ0) is 17.8. The van der Waals surface area contributed by atoms with E-state index in [4.69, 9.17) is 0 Å². The fourth-order valence-corrected chi connectivity index (χ4v) is 4.15. The molecule has 0 radical (unpaired) electrons. The van der Waals surface area contributed by atoms with Gasteiger partial charge >= 0.3 is 0 Å². The summed E-state index contributed by atoms with van der Waals surface area (Å²) in [6.45, 7) is 0.778. The molecule has 0 saturated heterocycles. The van der Waals surface area contributed by atoms with Crippen molar-refractivity contribution in [2.45, 2.75) is 12.2 Å². The number of carbonyl (C=O) groups excluding carboxylic acids is 1. The third-order valence-electron chi connectivity index (χ3n) is 4.63. The monoisotopic (exact) mass is 360 g/mol. The summed E-state index contributed by atoms with van der Waals surface area (Å²) in [5.41, 5.74) is 5.91. The first-order chi connectivity index (χ1) is 12.8. The van der Waals surface area contributed by atoms with Crippen LogP contribution in [0.4, 0.5) is 5.69 Å². The largest absolute Gasteiger partial charge is 0.311 e. The number of anilines is 1. The lowest BCUT2D eigenvalue weighted by molar-refractivity contribution is -0.116. The van der Waals surface area contributed by atoms with Gasteiger partial charge in [-0.05, 0) is 52.9 Å². The van der Waals surface area contributed by atoms with Gasteiger partial charge in [0.25, 0.3) is 0 Å². The van der Waals surface area contributed by atoms with Crippen molar-refractivity contribution in [1.82, 2.24) is 4.98 Å². The average molecular weight is 360 g/mol. The summed E-state index contributed by atoms with van der Waals surface area (Å²) in [5.74, 6) is 1.58. The predicted octanol–water partition coefficient (Wildman–Crippen LogP) is 4.57. The smallest absolute Gasteiger partial charge is 0.237 e. The van der Waals surface area contributed by atoms with Gasteiger partial charge in [0.15, 0.2) is 0 Å². The fourth-order valence-electron chi connectivity index (χ4n) is 3.29. The van der Waals surface area contributed by atoms with E-state index in [2.05, 4.69) is 35.3 Å². The van der Waals surface area contributed by atoms with Crippen LogP contribution in [-0.2, 0) is 17.0 Å². The zero-order valence-corrected chi connectivity index (χ0v) is 15.3. The normalized spacial score (nSPS) is 12.8. The molecule has 4 rings (SSSR count). The van der Waals surface area contributed by atoms with E-state index >= 15 is 0 Å². The van der Waals surface area contributed by atoms with Crippen molar-refractivity contribution >= 4 is 23.4 Å². The summed E-state index contributed by atoms with van der Waals surface area (Å²) in [7, 11) is 0. The molecule has 0 aliphatic carbocycles. The maximum atomic E-state index is 12.7. The van der Waals surface area contributed by atoms with Gasteiger partial charge in [0, 0.05) is 30.4 Å². The molecule has 1 aromatic heterocycles. The molecule has 1 amide bonds. The van der Waals surface area contributed by atoms with E-state index in [1.165, 1.54) is 16.7 Å². The summed E-state index contributed by atoms with van der Waals surface area (Å²) in [4.78, 5) is 18.7. The van der Waals surface area contributed by atoms with E-state index in [0.717, 1.165) is 30.0 Å². The van der Waals surface area contributed by atoms with Gasteiger partial charge in [0.1, 0.15) is 0 Å². The van der Waals surface area contributed by atoms with E-state index < -0.39 is 0 Å². The molecule has 0 unspecified atom stereocenters. The number of hydrogen-bond acceptors (Lipinski definition) is 3. The SMILES string of the molecule is O=C(CSCc1ccccc1)N1CCc2cc(-c3ccncc3)ccc21. The Morgan fingerprint density at radius 1 is 1.00 bits per heavy atom. The molecule has 26 heavy (non-hydrogen) atoms. The van der Waals surface area contributed by atoms with Crippen LogP contribution in [0.5, 0.6) is 0 Å². The van der Waals surface area contributed by atoms with Gasteiger partial charge in [0.05, 0.1) is 5.75 Å². The second-order valence-corrected chi connectivity index (χ2v) is 7.34. The Morgan fingerprint density at radius 3 is 2.62 bits per heavy atom. The van der Waals surface area contributed by atoms with Crippen molar-refractivity contribution in [2.75, 3.05) is 17.2 Å². The zero-order valence-electron chi connectivity index (χ0n) is 14.5. The van der Waals surface area contributed by atoms with Crippen LogP contribution in [0, 0.1) is 0 Å². The number of benzene rings is 2. The minimum Gasteiger partial charge on any atom is -0.311 e. The van der Waals surface area contributed by atoms with Gasteiger partial charge in [-0.3, -0.25) is 9.78 Å². The van der Waals surface area contributed by atoms with Gasteiger partial charge in [-0.2, -0.15) is 0 Å². The predicted molar refractivity (Wildman–Crippen MR) is 108 cm³/mol. The van der Waals surface area contributed by atoms with Gasteiger partial charge in [0.2, 0.25) is 5.91 Å². The summed E-state index contributed by atoms with van der Waals surface area (Å²) >= 11 is 1.68. The molecule has 4 heteroatoms. The molecule has 1 aliphatic rings. The Morgan fingerprint density at radius 2 is 1.81 bits per heavy atom. The standard InChI is InChI=1S/C22H20N2OS/c25-22(16-26-15-17-4-2-1-3-5-17)24-13-10-20-14-19(6-7-21(20)24)18-8-11-23-12-9-18/h1-9,11-12,14H,10,13,15-16H2. The van der Waals surface area contributed by atoms with Crippen LogP contribution >= 0.6 is 11.8 Å². The highest BCUT2D eigenvalue weighted by molar-refractivity contribution is 7.99. The Hall–Kier alpha value is -2.59. The van der Waals surface area contributed by atoms with Crippen molar-refractivity contribution < 1.29 is 4.79 Å². The van der Waals surface area contributed by atoms with Gasteiger partial charge < -0.3 is 4.90 Å².